The van der Waals surface area contributed by atoms with E-state index < -0.39 is 11.4 Å². The lowest BCUT2D eigenvalue weighted by molar-refractivity contribution is -0.147. The van der Waals surface area contributed by atoms with Crippen molar-refractivity contribution >= 4 is 11.9 Å². The first kappa shape index (κ1) is 12.7. The molecule has 0 radical (unpaired) electrons. The summed E-state index contributed by atoms with van der Waals surface area (Å²) in [6.07, 6.45) is 0.490. The molecule has 0 aromatic carbocycles. The van der Waals surface area contributed by atoms with E-state index in [9.17, 15) is 9.59 Å². The summed E-state index contributed by atoms with van der Waals surface area (Å²) in [5.74, 6) is 0.282. The molecule has 1 unspecified atom stereocenters. The van der Waals surface area contributed by atoms with Gasteiger partial charge in [0.15, 0.2) is 0 Å². The largest absolute Gasteiger partial charge is 0.481 e. The van der Waals surface area contributed by atoms with Crippen molar-refractivity contribution < 1.29 is 19.1 Å². The van der Waals surface area contributed by atoms with Crippen LogP contribution in [0.3, 0.4) is 0 Å². The minimum atomic E-state index is -0.849. The molecule has 0 aliphatic carbocycles. The van der Waals surface area contributed by atoms with Gasteiger partial charge in [0.25, 0.3) is 5.91 Å². The zero-order valence-corrected chi connectivity index (χ0v) is 10.8. The lowest BCUT2D eigenvalue weighted by Crippen LogP contribution is -2.34. The Morgan fingerprint density at radius 1 is 1.44 bits per heavy atom. The zero-order valence-electron chi connectivity index (χ0n) is 10.8. The number of likely N-dealkylation sites (tertiary alicyclic amines) is 1. The molecule has 1 aromatic heterocycles. The maximum absolute atomic E-state index is 12.3. The molecule has 1 aromatic rings. The van der Waals surface area contributed by atoms with Gasteiger partial charge in [-0.1, -0.05) is 0 Å². The minimum Gasteiger partial charge on any atom is -0.481 e. The molecule has 5 nitrogen and oxygen atoms in total. The Morgan fingerprint density at radius 3 is 2.56 bits per heavy atom. The molecule has 5 heteroatoms. The minimum absolute atomic E-state index is 0.144. The number of rotatable bonds is 2. The lowest BCUT2D eigenvalue weighted by atomic mass is 9.90. The Bertz CT molecular complexity index is 505. The summed E-state index contributed by atoms with van der Waals surface area (Å²) in [6, 6.07) is 1.70. The fourth-order valence-electron chi connectivity index (χ4n) is 2.32. The van der Waals surface area contributed by atoms with Crippen LogP contribution in [-0.2, 0) is 4.79 Å². The van der Waals surface area contributed by atoms with Crippen LogP contribution in [0.2, 0.25) is 0 Å². The van der Waals surface area contributed by atoms with Gasteiger partial charge in [-0.2, -0.15) is 0 Å². The van der Waals surface area contributed by atoms with Crippen molar-refractivity contribution in [3.05, 3.63) is 23.2 Å². The molecule has 1 amide bonds. The van der Waals surface area contributed by atoms with Crippen LogP contribution in [0.4, 0.5) is 0 Å². The lowest BCUT2D eigenvalue weighted by Gasteiger charge is -2.19. The number of aliphatic carboxylic acids is 1. The second-order valence-electron chi connectivity index (χ2n) is 5.17. The van der Waals surface area contributed by atoms with E-state index >= 15 is 0 Å². The smallest absolute Gasteiger partial charge is 0.311 e. The molecule has 1 saturated heterocycles. The van der Waals surface area contributed by atoms with E-state index in [-0.39, 0.29) is 12.5 Å². The molecule has 1 atom stereocenters. The maximum Gasteiger partial charge on any atom is 0.311 e. The van der Waals surface area contributed by atoms with E-state index in [4.69, 9.17) is 9.52 Å². The van der Waals surface area contributed by atoms with Crippen molar-refractivity contribution in [3.63, 3.8) is 0 Å². The van der Waals surface area contributed by atoms with Crippen LogP contribution in [0.1, 0.15) is 35.2 Å². The Balaban J connectivity index is 2.18. The molecular formula is C13H17NO4. The number of hydrogen-bond donors (Lipinski definition) is 1. The first-order valence-corrected chi connectivity index (χ1v) is 5.93. The topological polar surface area (TPSA) is 70.8 Å². The molecule has 0 spiro atoms. The highest BCUT2D eigenvalue weighted by Crippen LogP contribution is 2.31. The Morgan fingerprint density at radius 2 is 2.11 bits per heavy atom. The summed E-state index contributed by atoms with van der Waals surface area (Å²) in [5, 5.41) is 9.14. The van der Waals surface area contributed by atoms with Gasteiger partial charge in [0, 0.05) is 13.1 Å². The molecule has 2 heterocycles. The molecule has 98 valence electrons. The zero-order chi connectivity index (χ0) is 13.5. The highest BCUT2D eigenvalue weighted by molar-refractivity contribution is 5.96. The molecule has 1 aliphatic heterocycles. The highest BCUT2D eigenvalue weighted by atomic mass is 16.4. The van der Waals surface area contributed by atoms with Gasteiger partial charge >= 0.3 is 5.97 Å². The second kappa shape index (κ2) is 4.15. The van der Waals surface area contributed by atoms with Gasteiger partial charge in [0.2, 0.25) is 0 Å². The monoisotopic (exact) mass is 251 g/mol. The molecule has 1 aliphatic rings. The van der Waals surface area contributed by atoms with Crippen LogP contribution in [0.15, 0.2) is 10.5 Å². The summed E-state index contributed by atoms with van der Waals surface area (Å²) in [4.78, 5) is 25.0. The number of carbonyl (C=O) groups excluding carboxylic acids is 1. The third kappa shape index (κ3) is 2.00. The van der Waals surface area contributed by atoms with Crippen LogP contribution >= 0.6 is 0 Å². The van der Waals surface area contributed by atoms with E-state index in [0.717, 1.165) is 0 Å². The van der Waals surface area contributed by atoms with Crippen LogP contribution in [-0.4, -0.2) is 35.0 Å². The van der Waals surface area contributed by atoms with Gasteiger partial charge in [-0.05, 0) is 33.3 Å². The predicted molar refractivity (Wildman–Crippen MR) is 64.4 cm³/mol. The predicted octanol–water partition coefficient (Wildman–Crippen LogP) is 1.83. The number of nitrogens with zero attached hydrogens (tertiary/aromatic N) is 1. The Labute approximate surface area is 105 Å². The Hall–Kier alpha value is -1.78. The van der Waals surface area contributed by atoms with Crippen LogP contribution in [0.5, 0.6) is 0 Å². The molecule has 0 bridgehead atoms. The van der Waals surface area contributed by atoms with Crippen molar-refractivity contribution in [2.45, 2.75) is 27.2 Å². The molecule has 2 rings (SSSR count). The first-order chi connectivity index (χ1) is 8.33. The number of furan rings is 1. The third-order valence-corrected chi connectivity index (χ3v) is 3.55. The molecular weight excluding hydrogens is 234 g/mol. The normalized spacial score (nSPS) is 23.4. The SMILES string of the molecule is Cc1cc(C(=O)N2CCC(C)(C(=O)O)C2)c(C)o1. The first-order valence-electron chi connectivity index (χ1n) is 5.93. The quantitative estimate of drug-likeness (QED) is 0.870. The number of carbonyl (C=O) groups is 2. The Kier molecular flexibility index (Phi) is 2.92. The summed E-state index contributed by atoms with van der Waals surface area (Å²) < 4.78 is 5.33. The van der Waals surface area contributed by atoms with E-state index in [1.807, 2.05) is 0 Å². The van der Waals surface area contributed by atoms with Gasteiger partial charge in [-0.25, -0.2) is 0 Å². The number of hydrogen-bond acceptors (Lipinski definition) is 3. The highest BCUT2D eigenvalue weighted by Gasteiger charge is 2.42. The van der Waals surface area contributed by atoms with Gasteiger partial charge in [-0.3, -0.25) is 9.59 Å². The van der Waals surface area contributed by atoms with Crippen molar-refractivity contribution in [2.75, 3.05) is 13.1 Å². The average molecular weight is 251 g/mol. The fraction of sp³-hybridized carbons (Fsp3) is 0.538. The van der Waals surface area contributed by atoms with E-state index in [2.05, 4.69) is 0 Å². The fourth-order valence-corrected chi connectivity index (χ4v) is 2.32. The van der Waals surface area contributed by atoms with Crippen molar-refractivity contribution in [1.82, 2.24) is 4.90 Å². The van der Waals surface area contributed by atoms with Gasteiger partial charge < -0.3 is 14.4 Å². The van der Waals surface area contributed by atoms with Crippen molar-refractivity contribution in [2.24, 2.45) is 5.41 Å². The van der Waals surface area contributed by atoms with Crippen molar-refractivity contribution in [1.29, 1.82) is 0 Å². The van der Waals surface area contributed by atoms with Crippen LogP contribution in [0.25, 0.3) is 0 Å². The van der Waals surface area contributed by atoms with Gasteiger partial charge in [0.1, 0.15) is 11.5 Å². The summed E-state index contributed by atoms with van der Waals surface area (Å²) in [6.45, 7) is 5.94. The standard InChI is InChI=1S/C13H17NO4/c1-8-6-10(9(2)18-8)11(15)14-5-4-13(3,7-14)12(16)17/h6H,4-5,7H2,1-3H3,(H,16,17). The second-order valence-corrected chi connectivity index (χ2v) is 5.17. The molecule has 1 N–H and O–H groups in total. The van der Waals surface area contributed by atoms with E-state index in [1.165, 1.54) is 0 Å². The molecule has 1 fully saturated rings. The average Bonchev–Trinajstić information content (AvgIpc) is 2.82. The number of aryl methyl sites for hydroxylation is 2. The van der Waals surface area contributed by atoms with Crippen molar-refractivity contribution in [3.8, 4) is 0 Å². The number of amides is 1. The third-order valence-electron chi connectivity index (χ3n) is 3.55. The number of carboxylic acid groups (broad SMARTS) is 1. The van der Waals surface area contributed by atoms with Gasteiger partial charge in [-0.15, -0.1) is 0 Å². The van der Waals surface area contributed by atoms with E-state index in [1.54, 1.807) is 31.7 Å². The molecule has 0 saturated carbocycles. The number of carboxylic acids is 1. The summed E-state index contributed by atoms with van der Waals surface area (Å²) in [7, 11) is 0. The van der Waals surface area contributed by atoms with E-state index in [0.29, 0.717) is 30.0 Å². The van der Waals surface area contributed by atoms with Crippen LogP contribution in [0, 0.1) is 19.3 Å². The summed E-state index contributed by atoms with van der Waals surface area (Å²) in [5.41, 5.74) is -0.301. The van der Waals surface area contributed by atoms with Crippen LogP contribution < -0.4 is 0 Å². The molecule has 18 heavy (non-hydrogen) atoms. The van der Waals surface area contributed by atoms with Gasteiger partial charge in [0.05, 0.1) is 11.0 Å². The summed E-state index contributed by atoms with van der Waals surface area (Å²) >= 11 is 0. The maximum atomic E-state index is 12.3.